The van der Waals surface area contributed by atoms with Crippen molar-refractivity contribution in [2.24, 2.45) is 0 Å². The largest absolute Gasteiger partial charge is 0.546 e. The van der Waals surface area contributed by atoms with E-state index in [2.05, 4.69) is 0 Å². The Morgan fingerprint density at radius 1 is 1.03 bits per heavy atom. The van der Waals surface area contributed by atoms with Crippen LogP contribution in [0.4, 0.5) is 26.7 Å². The van der Waals surface area contributed by atoms with Crippen LogP contribution in [0.3, 0.4) is 0 Å². The van der Waals surface area contributed by atoms with Crippen LogP contribution in [-0.4, -0.2) is 69.6 Å². The second kappa shape index (κ2) is 9.17. The van der Waals surface area contributed by atoms with E-state index in [0.29, 0.717) is 11.4 Å². The lowest BCUT2D eigenvalue weighted by atomic mass is 9.92. The van der Waals surface area contributed by atoms with Gasteiger partial charge in [0, 0.05) is 30.8 Å². The van der Waals surface area contributed by atoms with Gasteiger partial charge in [0.15, 0.2) is 5.69 Å². The number of methoxy groups -OCH3 is 1. The summed E-state index contributed by atoms with van der Waals surface area (Å²) in [7, 11) is 1.49. The highest BCUT2D eigenvalue weighted by molar-refractivity contribution is 6.11. The van der Waals surface area contributed by atoms with Crippen LogP contribution in [0.25, 0.3) is 0 Å². The Morgan fingerprint density at radius 2 is 1.74 bits per heavy atom. The SMILES string of the molecule is CCC1N(C(=O)O)c2ccc3cc2[N+]1(C(=O)O)N3C1(C(=O)c2ccc(OC)cc2)C=CC=CN1CCC(=O)O. The monoisotopic (exact) mass is 535 g/mol. The molecule has 39 heavy (non-hydrogen) atoms. The third-order valence-corrected chi connectivity index (χ3v) is 7.46. The molecule has 3 unspecified atom stereocenters. The number of benzene rings is 2. The number of rotatable bonds is 8. The Bertz CT molecular complexity index is 1440. The Hall–Kier alpha value is -4.84. The van der Waals surface area contributed by atoms with Crippen LogP contribution in [0.5, 0.6) is 5.75 Å². The number of carboxylic acids is 1. The minimum atomic E-state index is -1.87. The normalized spacial score (nSPS) is 24.3. The third-order valence-electron chi connectivity index (χ3n) is 7.46. The molecule has 0 spiro atoms. The highest BCUT2D eigenvalue weighted by Gasteiger charge is 2.72. The molecule has 2 aromatic carbocycles. The maximum Gasteiger partial charge on any atom is 0.546 e. The Morgan fingerprint density at radius 3 is 2.33 bits per heavy atom. The van der Waals surface area contributed by atoms with Crippen molar-refractivity contribution >= 4 is 41.0 Å². The lowest BCUT2D eigenvalue weighted by Crippen LogP contribution is -2.80. The van der Waals surface area contributed by atoms with Crippen molar-refractivity contribution in [1.29, 1.82) is 0 Å². The summed E-state index contributed by atoms with van der Waals surface area (Å²) in [5.74, 6) is -1.11. The molecule has 5 rings (SSSR count). The predicted octanol–water partition coefficient (Wildman–Crippen LogP) is 4.09. The maximum atomic E-state index is 14.6. The lowest BCUT2D eigenvalue weighted by Gasteiger charge is -2.52. The van der Waals surface area contributed by atoms with Crippen LogP contribution in [0, 0.1) is 0 Å². The summed E-state index contributed by atoms with van der Waals surface area (Å²) in [6.07, 6.45) is 2.26. The molecule has 3 aliphatic heterocycles. The molecule has 202 valence electrons. The highest BCUT2D eigenvalue weighted by Crippen LogP contribution is 2.58. The number of carbonyl (C=O) groups excluding carboxylic acids is 1. The quantitative estimate of drug-likeness (QED) is 0.333. The van der Waals surface area contributed by atoms with Gasteiger partial charge in [0.1, 0.15) is 11.4 Å². The first-order valence-corrected chi connectivity index (χ1v) is 12.3. The van der Waals surface area contributed by atoms with Gasteiger partial charge in [-0.05, 0) is 48.6 Å². The number of amides is 2. The first-order valence-electron chi connectivity index (χ1n) is 12.3. The summed E-state index contributed by atoms with van der Waals surface area (Å²) in [6, 6.07) is 11.0. The zero-order chi connectivity index (χ0) is 28.1. The molecule has 2 bridgehead atoms. The number of carbonyl (C=O) groups is 4. The molecule has 12 heteroatoms. The molecule has 2 aromatic rings. The fourth-order valence-corrected chi connectivity index (χ4v) is 5.93. The third kappa shape index (κ3) is 3.41. The van der Waals surface area contributed by atoms with Crippen LogP contribution in [0.1, 0.15) is 30.1 Å². The molecule has 3 heterocycles. The molecule has 12 nitrogen and oxygen atoms in total. The molecule has 0 radical (unpaired) electrons. The molecule has 3 N–H and O–H groups in total. The van der Waals surface area contributed by atoms with Crippen molar-refractivity contribution in [2.45, 2.75) is 31.6 Å². The van der Waals surface area contributed by atoms with Gasteiger partial charge in [-0.2, -0.15) is 9.80 Å². The van der Waals surface area contributed by atoms with E-state index in [0.717, 1.165) is 4.90 Å². The summed E-state index contributed by atoms with van der Waals surface area (Å²) < 4.78 is 4.23. The average molecular weight is 536 g/mol. The molecular weight excluding hydrogens is 508 g/mol. The van der Waals surface area contributed by atoms with Gasteiger partial charge < -0.3 is 25.0 Å². The van der Waals surface area contributed by atoms with E-state index >= 15 is 0 Å². The topological polar surface area (TPSA) is 148 Å². The number of hydrogen-bond donors (Lipinski definition) is 3. The highest BCUT2D eigenvalue weighted by atomic mass is 16.5. The van der Waals surface area contributed by atoms with Gasteiger partial charge in [-0.25, -0.2) is 9.69 Å². The molecule has 0 aliphatic carbocycles. The summed E-state index contributed by atoms with van der Waals surface area (Å²) in [5, 5.41) is 31.9. The summed E-state index contributed by atoms with van der Waals surface area (Å²) in [5.41, 5.74) is -0.851. The van der Waals surface area contributed by atoms with Crippen LogP contribution in [-0.2, 0) is 4.79 Å². The van der Waals surface area contributed by atoms with Gasteiger partial charge in [-0.1, -0.05) is 17.6 Å². The fourth-order valence-electron chi connectivity index (χ4n) is 5.93. The summed E-state index contributed by atoms with van der Waals surface area (Å²) >= 11 is 0. The van der Waals surface area contributed by atoms with Gasteiger partial charge in [0.05, 0.1) is 19.2 Å². The van der Waals surface area contributed by atoms with E-state index in [-0.39, 0.29) is 36.3 Å². The number of fused-ring (bicyclic) bond motifs is 1. The van der Waals surface area contributed by atoms with E-state index in [4.69, 9.17) is 4.74 Å². The summed E-state index contributed by atoms with van der Waals surface area (Å²) in [6.45, 7) is 1.55. The number of carboxylic acid groups (broad SMARTS) is 3. The van der Waals surface area contributed by atoms with Crippen LogP contribution in [0.15, 0.2) is 66.9 Å². The molecule has 2 amide bonds. The van der Waals surface area contributed by atoms with E-state index in [1.54, 1.807) is 67.7 Å². The van der Waals surface area contributed by atoms with Crippen molar-refractivity contribution in [3.8, 4) is 5.75 Å². The molecule has 0 saturated heterocycles. The van der Waals surface area contributed by atoms with Gasteiger partial charge in [-0.15, -0.1) is 0 Å². The number of hydrogen-bond acceptors (Lipinski definition) is 7. The van der Waals surface area contributed by atoms with Crippen LogP contribution >= 0.6 is 0 Å². The Balaban J connectivity index is 1.79. The number of aliphatic carboxylic acids is 1. The number of Topliss-reactive ketones (excluding diaryl/α,β-unsaturated/α-hetero) is 1. The van der Waals surface area contributed by atoms with Gasteiger partial charge in [-0.3, -0.25) is 9.59 Å². The van der Waals surface area contributed by atoms with Crippen LogP contribution in [0.2, 0.25) is 0 Å². The minimum Gasteiger partial charge on any atom is -0.497 e. The fraction of sp³-hybridized carbons (Fsp3) is 0.259. The molecule has 3 aliphatic rings. The van der Waals surface area contributed by atoms with Crippen molar-refractivity contribution < 1.29 is 39.2 Å². The number of ether oxygens (including phenoxy) is 1. The van der Waals surface area contributed by atoms with Gasteiger partial charge >= 0.3 is 18.2 Å². The van der Waals surface area contributed by atoms with Gasteiger partial charge in [0.25, 0.3) is 0 Å². The van der Waals surface area contributed by atoms with E-state index in [1.807, 2.05) is 0 Å². The van der Waals surface area contributed by atoms with Crippen molar-refractivity contribution in [3.05, 3.63) is 72.5 Å². The zero-order valence-corrected chi connectivity index (χ0v) is 21.2. The molecule has 0 fully saturated rings. The number of ketones is 1. The second-order valence-electron chi connectivity index (χ2n) is 9.32. The summed E-state index contributed by atoms with van der Waals surface area (Å²) in [4.78, 5) is 54.6. The van der Waals surface area contributed by atoms with Crippen molar-refractivity contribution in [1.82, 2.24) is 9.49 Å². The number of anilines is 2. The van der Waals surface area contributed by atoms with Crippen molar-refractivity contribution in [3.63, 3.8) is 0 Å². The first kappa shape index (κ1) is 25.8. The molecule has 3 atom stereocenters. The molecular formula is C27H27N4O8+. The maximum absolute atomic E-state index is 14.6. The van der Waals surface area contributed by atoms with E-state index in [9.17, 15) is 34.5 Å². The second-order valence-corrected chi connectivity index (χ2v) is 9.32. The Labute approximate surface area is 223 Å². The first-order chi connectivity index (χ1) is 18.6. The number of allylic oxidation sites excluding steroid dienone is 2. The van der Waals surface area contributed by atoms with E-state index in [1.165, 1.54) is 23.1 Å². The average Bonchev–Trinajstić information content (AvgIpc) is 3.37. The number of quaternary nitrogens is 1. The predicted molar refractivity (Wildman–Crippen MR) is 141 cm³/mol. The molecule has 0 saturated carbocycles. The van der Waals surface area contributed by atoms with Gasteiger partial charge in [0.2, 0.25) is 17.6 Å². The van der Waals surface area contributed by atoms with Crippen molar-refractivity contribution in [2.75, 3.05) is 23.6 Å². The van der Waals surface area contributed by atoms with Crippen LogP contribution < -0.4 is 19.2 Å². The molecule has 0 aromatic heterocycles. The zero-order valence-electron chi connectivity index (χ0n) is 21.2. The number of nitrogens with zero attached hydrogens (tertiary/aromatic N) is 4. The standard InChI is InChI=1S/C27H26N4O8/c1-3-22-29(25(35)36)20-11-8-18-16-21(20)31(22,26(37)38)30(18)27(13-4-5-14-28(27)15-12-23(32)33)24(34)17-6-9-19(39-2)10-7-17/h4-11,13-14,16,22H,3,12,15H2,1-2H3,(H2-,32,33,35,36,37,38)/p+1. The lowest BCUT2D eigenvalue weighted by molar-refractivity contribution is -0.137. The smallest absolute Gasteiger partial charge is 0.497 e. The Kier molecular flexibility index (Phi) is 6.06. The van der Waals surface area contributed by atoms with E-state index < -0.39 is 40.4 Å². The minimum absolute atomic E-state index is 0.110.